The van der Waals surface area contributed by atoms with Crippen LogP contribution in [0.4, 0.5) is 0 Å². The highest BCUT2D eigenvalue weighted by Gasteiger charge is 2.39. The minimum absolute atomic E-state index is 0.166. The van der Waals surface area contributed by atoms with E-state index in [0.717, 1.165) is 10.5 Å². The summed E-state index contributed by atoms with van der Waals surface area (Å²) in [5.41, 5.74) is 1.44. The zero-order valence-corrected chi connectivity index (χ0v) is 10.9. The maximum Gasteiger partial charge on any atom is 0.255 e. The fourth-order valence-electron chi connectivity index (χ4n) is 2.57. The maximum absolute atomic E-state index is 12.3. The van der Waals surface area contributed by atoms with Crippen molar-refractivity contribution in [3.63, 3.8) is 0 Å². The highest BCUT2D eigenvalue weighted by Crippen LogP contribution is 2.30. The summed E-state index contributed by atoms with van der Waals surface area (Å²) in [4.78, 5) is 37.5. The normalized spacial score (nSPS) is 22.5. The van der Waals surface area contributed by atoms with Crippen LogP contribution in [0, 0.1) is 0 Å². The molecule has 2 heterocycles. The summed E-state index contributed by atoms with van der Waals surface area (Å²) in [6.07, 6.45) is 0.649. The first-order chi connectivity index (χ1) is 9.08. The second-order valence-electron chi connectivity index (χ2n) is 4.70. The summed E-state index contributed by atoms with van der Waals surface area (Å²) < 4.78 is 0. The fraction of sp³-hybridized carbons (Fsp3) is 0.308. The van der Waals surface area contributed by atoms with Gasteiger partial charge in [-0.1, -0.05) is 6.07 Å². The average molecular weight is 276 g/mol. The lowest BCUT2D eigenvalue weighted by Crippen LogP contribution is -2.52. The van der Waals surface area contributed by atoms with Crippen molar-refractivity contribution in [2.45, 2.75) is 30.3 Å². The van der Waals surface area contributed by atoms with E-state index in [4.69, 9.17) is 0 Å². The third-order valence-electron chi connectivity index (χ3n) is 3.56. The first-order valence-electron chi connectivity index (χ1n) is 6.03. The number of hydrogen-bond acceptors (Lipinski definition) is 4. The number of carbonyl (C=O) groups is 3. The van der Waals surface area contributed by atoms with Crippen LogP contribution in [0.25, 0.3) is 0 Å². The van der Waals surface area contributed by atoms with Crippen molar-refractivity contribution in [2.24, 2.45) is 0 Å². The smallest absolute Gasteiger partial charge is 0.255 e. The van der Waals surface area contributed by atoms with Crippen LogP contribution < -0.4 is 5.32 Å². The molecule has 5 nitrogen and oxygen atoms in total. The quantitative estimate of drug-likeness (QED) is 0.587. The second-order valence-corrected chi connectivity index (χ2v) is 5.19. The zero-order chi connectivity index (χ0) is 13.6. The Morgan fingerprint density at radius 3 is 2.74 bits per heavy atom. The van der Waals surface area contributed by atoms with Gasteiger partial charge in [0.05, 0.1) is 0 Å². The molecule has 1 fully saturated rings. The van der Waals surface area contributed by atoms with Crippen molar-refractivity contribution in [3.05, 3.63) is 29.3 Å². The number of piperidine rings is 1. The summed E-state index contributed by atoms with van der Waals surface area (Å²) in [6, 6.07) is 4.77. The van der Waals surface area contributed by atoms with E-state index in [1.165, 1.54) is 4.90 Å². The van der Waals surface area contributed by atoms with E-state index in [-0.39, 0.29) is 18.2 Å². The van der Waals surface area contributed by atoms with Gasteiger partial charge in [-0.3, -0.25) is 19.7 Å². The third-order valence-corrected chi connectivity index (χ3v) is 3.98. The molecule has 19 heavy (non-hydrogen) atoms. The largest absolute Gasteiger partial charge is 0.322 e. The van der Waals surface area contributed by atoms with Crippen LogP contribution in [0.5, 0.6) is 0 Å². The summed E-state index contributed by atoms with van der Waals surface area (Å²) in [6.45, 7) is 0.375. The molecule has 1 N–H and O–H groups in total. The molecule has 6 heteroatoms. The molecule has 1 saturated heterocycles. The number of nitrogens with zero attached hydrogens (tertiary/aromatic N) is 1. The molecular weight excluding hydrogens is 264 g/mol. The topological polar surface area (TPSA) is 66.5 Å². The molecule has 0 unspecified atom stereocenters. The maximum atomic E-state index is 12.3. The van der Waals surface area contributed by atoms with Crippen LogP contribution in [0.15, 0.2) is 23.1 Å². The number of amides is 3. The van der Waals surface area contributed by atoms with Gasteiger partial charge in [-0.05, 0) is 24.1 Å². The summed E-state index contributed by atoms with van der Waals surface area (Å²) in [7, 11) is 0. The van der Waals surface area contributed by atoms with E-state index in [1.807, 2.05) is 6.07 Å². The van der Waals surface area contributed by atoms with E-state index >= 15 is 0 Å². The summed E-state index contributed by atoms with van der Waals surface area (Å²) in [5.74, 6) is -0.834. The molecule has 0 bridgehead atoms. The molecule has 3 amide bonds. The van der Waals surface area contributed by atoms with Gasteiger partial charge in [0.2, 0.25) is 11.8 Å². The number of thiol groups is 1. The molecule has 1 atom stereocenters. The Labute approximate surface area is 115 Å². The Bertz CT molecular complexity index is 600. The highest BCUT2D eigenvalue weighted by atomic mass is 32.1. The van der Waals surface area contributed by atoms with E-state index in [2.05, 4.69) is 17.9 Å². The Hall–Kier alpha value is -1.82. The van der Waals surface area contributed by atoms with Gasteiger partial charge in [-0.25, -0.2) is 0 Å². The molecule has 98 valence electrons. The minimum Gasteiger partial charge on any atom is -0.322 e. The molecule has 2 aliphatic heterocycles. The summed E-state index contributed by atoms with van der Waals surface area (Å²) in [5, 5.41) is 2.28. The van der Waals surface area contributed by atoms with Crippen LogP contribution in [-0.4, -0.2) is 28.7 Å². The number of fused-ring (bicyclic) bond motifs is 1. The van der Waals surface area contributed by atoms with Crippen LogP contribution in [0.2, 0.25) is 0 Å². The molecule has 0 spiro atoms. The van der Waals surface area contributed by atoms with Gasteiger partial charge in [0.25, 0.3) is 5.91 Å². The highest BCUT2D eigenvalue weighted by molar-refractivity contribution is 7.80. The van der Waals surface area contributed by atoms with E-state index < -0.39 is 11.9 Å². The lowest BCUT2D eigenvalue weighted by atomic mass is 10.0. The van der Waals surface area contributed by atoms with Crippen molar-refractivity contribution in [1.29, 1.82) is 0 Å². The van der Waals surface area contributed by atoms with Gasteiger partial charge in [-0.15, -0.1) is 12.6 Å². The Morgan fingerprint density at radius 2 is 2.05 bits per heavy atom. The Balaban J connectivity index is 1.90. The number of imide groups is 1. The number of benzene rings is 1. The third kappa shape index (κ3) is 1.92. The molecule has 2 aliphatic rings. The van der Waals surface area contributed by atoms with Crippen LogP contribution in [-0.2, 0) is 16.1 Å². The van der Waals surface area contributed by atoms with Crippen LogP contribution >= 0.6 is 12.6 Å². The lowest BCUT2D eigenvalue weighted by Gasteiger charge is -2.29. The van der Waals surface area contributed by atoms with Crippen molar-refractivity contribution >= 4 is 30.4 Å². The predicted molar refractivity (Wildman–Crippen MR) is 69.7 cm³/mol. The monoisotopic (exact) mass is 276 g/mol. The fourth-order valence-corrected chi connectivity index (χ4v) is 2.85. The number of rotatable bonds is 1. The predicted octanol–water partition coefficient (Wildman–Crippen LogP) is 0.736. The van der Waals surface area contributed by atoms with E-state index in [0.29, 0.717) is 18.5 Å². The van der Waals surface area contributed by atoms with Gasteiger partial charge in [-0.2, -0.15) is 0 Å². The number of carbonyl (C=O) groups excluding carboxylic acids is 3. The molecule has 0 radical (unpaired) electrons. The molecule has 0 saturated carbocycles. The standard InChI is InChI=1S/C13H12N2O3S/c16-11-5-4-9(12(17)14-11)15-6-8-7(13(15)18)2-1-3-10(8)19/h1-3,9,19H,4-6H2,(H,14,16,17)/t9-/m0/s1. The van der Waals surface area contributed by atoms with Crippen molar-refractivity contribution in [1.82, 2.24) is 10.2 Å². The van der Waals surface area contributed by atoms with Crippen molar-refractivity contribution in [3.8, 4) is 0 Å². The van der Waals surface area contributed by atoms with Crippen molar-refractivity contribution in [2.75, 3.05) is 0 Å². The molecular formula is C13H12N2O3S. The Morgan fingerprint density at radius 1 is 1.26 bits per heavy atom. The summed E-state index contributed by atoms with van der Waals surface area (Å²) >= 11 is 4.34. The lowest BCUT2D eigenvalue weighted by molar-refractivity contribution is -0.136. The number of hydrogen-bond donors (Lipinski definition) is 2. The van der Waals surface area contributed by atoms with E-state index in [1.54, 1.807) is 12.1 Å². The molecule has 1 aromatic rings. The molecule has 1 aromatic carbocycles. The SMILES string of the molecule is O=C1CC[C@H](N2Cc3c(S)cccc3C2=O)C(=O)N1. The van der Waals surface area contributed by atoms with Gasteiger partial charge in [0, 0.05) is 23.4 Å². The van der Waals surface area contributed by atoms with Gasteiger partial charge < -0.3 is 4.90 Å². The Kier molecular flexibility index (Phi) is 2.82. The van der Waals surface area contributed by atoms with Gasteiger partial charge >= 0.3 is 0 Å². The van der Waals surface area contributed by atoms with Gasteiger partial charge in [0.1, 0.15) is 6.04 Å². The van der Waals surface area contributed by atoms with Crippen molar-refractivity contribution < 1.29 is 14.4 Å². The number of nitrogens with one attached hydrogen (secondary N) is 1. The first kappa shape index (κ1) is 12.2. The molecule has 0 aromatic heterocycles. The average Bonchev–Trinajstić information content (AvgIpc) is 2.69. The van der Waals surface area contributed by atoms with Crippen LogP contribution in [0.1, 0.15) is 28.8 Å². The second kappa shape index (κ2) is 4.38. The van der Waals surface area contributed by atoms with Gasteiger partial charge in [0.15, 0.2) is 0 Å². The van der Waals surface area contributed by atoms with Crippen LogP contribution in [0.3, 0.4) is 0 Å². The first-order valence-corrected chi connectivity index (χ1v) is 6.48. The molecule has 3 rings (SSSR count). The van der Waals surface area contributed by atoms with E-state index in [9.17, 15) is 14.4 Å². The zero-order valence-electron chi connectivity index (χ0n) is 10.0. The molecule has 0 aliphatic carbocycles. The minimum atomic E-state index is -0.565.